The van der Waals surface area contributed by atoms with Crippen LogP contribution in [0.1, 0.15) is 0 Å². The summed E-state index contributed by atoms with van der Waals surface area (Å²) in [7, 11) is -2.02. The monoisotopic (exact) mass is 384 g/mol. The van der Waals surface area contributed by atoms with E-state index in [-0.39, 0.29) is 51.9 Å². The average Bonchev–Trinajstić information content (AvgIpc) is 2.60. The predicted octanol–water partition coefficient (Wildman–Crippen LogP) is -0.615. The fourth-order valence-electron chi connectivity index (χ4n) is 2.47. The molecule has 0 aliphatic carbocycles. The van der Waals surface area contributed by atoms with E-state index in [1.165, 1.54) is 32.6 Å². The predicted molar refractivity (Wildman–Crippen MR) is 89.0 cm³/mol. The van der Waals surface area contributed by atoms with Crippen molar-refractivity contribution in [2.45, 2.75) is 4.90 Å². The van der Waals surface area contributed by atoms with E-state index in [0.717, 1.165) is 6.07 Å². The minimum absolute atomic E-state index is 0. The molecule has 0 N–H and O–H groups in total. The van der Waals surface area contributed by atoms with E-state index in [4.69, 9.17) is 13.9 Å². The van der Waals surface area contributed by atoms with Crippen LogP contribution in [0.2, 0.25) is 0 Å². The fraction of sp³-hybridized carbons (Fsp3) is 0.118. The largest absolute Gasteiger partial charge is 1.00 e. The molecule has 0 atom stereocenters. The normalized spacial score (nSPS) is 11.0. The van der Waals surface area contributed by atoms with Crippen LogP contribution in [0, 0.1) is 0 Å². The van der Waals surface area contributed by atoms with Gasteiger partial charge in [-0.2, -0.15) is 0 Å². The molecule has 0 aliphatic heterocycles. The molecular weight excluding hydrogens is 371 g/mol. The Balaban J connectivity index is 0.00000243. The van der Waals surface area contributed by atoms with Crippen LogP contribution in [-0.2, 0) is 10.1 Å². The average molecular weight is 384 g/mol. The molecule has 0 aliphatic rings. The molecule has 0 unspecified atom stereocenters. The second kappa shape index (κ2) is 7.81. The number of hydrogen-bond donors (Lipinski definition) is 0. The summed E-state index contributed by atoms with van der Waals surface area (Å²) >= 11 is 0. The molecule has 0 fully saturated rings. The Morgan fingerprint density at radius 1 is 1.04 bits per heavy atom. The van der Waals surface area contributed by atoms with Gasteiger partial charge in [0.1, 0.15) is 33.5 Å². The second-order valence-electron chi connectivity index (χ2n) is 5.16. The van der Waals surface area contributed by atoms with E-state index >= 15 is 0 Å². The zero-order valence-electron chi connectivity index (χ0n) is 14.3. The standard InChI is InChI=1S/C17H14O7S.Na/c1-22-11-4-5-12-15(8-11)24-9-13(17(12)18)10-3-6-14(23-2)16(7-10)25(19,20)21;/h3-9H,1-2H3,(H,19,20,21);/q;+1/p-1. The van der Waals surface area contributed by atoms with Crippen LogP contribution in [0.15, 0.2) is 56.8 Å². The van der Waals surface area contributed by atoms with Crippen LogP contribution < -0.4 is 44.5 Å². The van der Waals surface area contributed by atoms with Gasteiger partial charge in [-0.15, -0.1) is 0 Å². The summed E-state index contributed by atoms with van der Waals surface area (Å²) in [6.07, 6.45) is 1.22. The summed E-state index contributed by atoms with van der Waals surface area (Å²) in [6, 6.07) is 8.64. The minimum atomic E-state index is -4.76. The second-order valence-corrected chi connectivity index (χ2v) is 6.51. The van der Waals surface area contributed by atoms with Crippen molar-refractivity contribution in [1.82, 2.24) is 0 Å². The van der Waals surface area contributed by atoms with E-state index in [2.05, 4.69) is 0 Å². The van der Waals surface area contributed by atoms with Crippen molar-refractivity contribution >= 4 is 21.1 Å². The fourth-order valence-corrected chi connectivity index (χ4v) is 3.14. The summed E-state index contributed by atoms with van der Waals surface area (Å²) in [6.45, 7) is 0. The molecule has 26 heavy (non-hydrogen) atoms. The van der Waals surface area contributed by atoms with Crippen LogP contribution in [0.5, 0.6) is 11.5 Å². The Kier molecular flexibility index (Phi) is 6.15. The van der Waals surface area contributed by atoms with E-state index in [0.29, 0.717) is 16.7 Å². The third kappa shape index (κ3) is 3.79. The molecule has 0 amide bonds. The maximum atomic E-state index is 12.7. The van der Waals surface area contributed by atoms with E-state index in [9.17, 15) is 17.8 Å². The molecule has 3 rings (SSSR count). The zero-order chi connectivity index (χ0) is 18.2. The van der Waals surface area contributed by atoms with Crippen molar-refractivity contribution in [1.29, 1.82) is 0 Å². The maximum Gasteiger partial charge on any atom is 1.00 e. The summed E-state index contributed by atoms with van der Waals surface area (Å²) in [5.74, 6) is 0.446. The van der Waals surface area contributed by atoms with Gasteiger partial charge in [0.15, 0.2) is 5.43 Å². The summed E-state index contributed by atoms with van der Waals surface area (Å²) in [4.78, 5) is 12.1. The summed E-state index contributed by atoms with van der Waals surface area (Å²) < 4.78 is 49.7. The summed E-state index contributed by atoms with van der Waals surface area (Å²) in [5, 5.41) is 0.306. The van der Waals surface area contributed by atoms with Gasteiger partial charge >= 0.3 is 29.6 Å². The van der Waals surface area contributed by atoms with Crippen LogP contribution in [0.3, 0.4) is 0 Å². The van der Waals surface area contributed by atoms with Crippen molar-refractivity contribution in [3.05, 3.63) is 52.9 Å². The molecule has 9 heteroatoms. The molecule has 7 nitrogen and oxygen atoms in total. The van der Waals surface area contributed by atoms with Gasteiger partial charge in [0, 0.05) is 6.07 Å². The first-order valence-corrected chi connectivity index (χ1v) is 8.50. The van der Waals surface area contributed by atoms with E-state index in [1.807, 2.05) is 0 Å². The molecular formula is C17H13NaO7S. The van der Waals surface area contributed by atoms with Gasteiger partial charge in [-0.3, -0.25) is 4.79 Å². The van der Waals surface area contributed by atoms with Crippen LogP contribution >= 0.6 is 0 Å². The van der Waals surface area contributed by atoms with Gasteiger partial charge in [-0.25, -0.2) is 8.42 Å². The van der Waals surface area contributed by atoms with Gasteiger partial charge in [0.05, 0.1) is 30.1 Å². The van der Waals surface area contributed by atoms with Crippen molar-refractivity contribution in [2.24, 2.45) is 0 Å². The number of benzene rings is 2. The van der Waals surface area contributed by atoms with Gasteiger partial charge in [0.25, 0.3) is 0 Å². The number of hydrogen-bond acceptors (Lipinski definition) is 7. The zero-order valence-corrected chi connectivity index (χ0v) is 17.1. The quantitative estimate of drug-likeness (QED) is 0.436. The Bertz CT molecular complexity index is 1120. The van der Waals surface area contributed by atoms with Crippen molar-refractivity contribution < 1.29 is 56.4 Å². The Labute approximate surface area is 171 Å². The number of ether oxygens (including phenoxy) is 2. The van der Waals surface area contributed by atoms with Crippen molar-refractivity contribution in [3.8, 4) is 22.6 Å². The van der Waals surface area contributed by atoms with Gasteiger partial charge < -0.3 is 18.4 Å². The van der Waals surface area contributed by atoms with Gasteiger partial charge in [-0.1, -0.05) is 6.07 Å². The smallest absolute Gasteiger partial charge is 0.744 e. The first kappa shape index (κ1) is 20.5. The van der Waals surface area contributed by atoms with E-state index < -0.39 is 15.0 Å². The third-order valence-electron chi connectivity index (χ3n) is 3.73. The van der Waals surface area contributed by atoms with Crippen LogP contribution in [0.25, 0.3) is 22.1 Å². The van der Waals surface area contributed by atoms with Gasteiger partial charge in [0.2, 0.25) is 0 Å². The Morgan fingerprint density at radius 2 is 1.77 bits per heavy atom. The molecule has 0 saturated carbocycles. The molecule has 1 heterocycles. The topological polar surface area (TPSA) is 106 Å². The Morgan fingerprint density at radius 3 is 2.38 bits per heavy atom. The molecule has 2 aromatic carbocycles. The Hall–Kier alpha value is -1.84. The maximum absolute atomic E-state index is 12.7. The molecule has 3 aromatic rings. The molecule has 130 valence electrons. The molecule has 1 aromatic heterocycles. The van der Waals surface area contributed by atoms with E-state index in [1.54, 1.807) is 18.2 Å². The SMILES string of the molecule is COc1ccc2c(=O)c(-c3ccc(OC)c(S(=O)(=O)[O-])c3)coc2c1.[Na+]. The van der Waals surface area contributed by atoms with Crippen molar-refractivity contribution in [3.63, 3.8) is 0 Å². The first-order valence-electron chi connectivity index (χ1n) is 7.09. The van der Waals surface area contributed by atoms with Crippen LogP contribution in [0.4, 0.5) is 0 Å². The molecule has 0 radical (unpaired) electrons. The molecule has 0 spiro atoms. The number of fused-ring (bicyclic) bond motifs is 1. The minimum Gasteiger partial charge on any atom is -0.744 e. The molecule has 0 bridgehead atoms. The first-order chi connectivity index (χ1) is 11.8. The summed E-state index contributed by atoms with van der Waals surface area (Å²) in [5.41, 5.74) is 0.341. The third-order valence-corrected chi connectivity index (χ3v) is 4.58. The van der Waals surface area contributed by atoms with Crippen molar-refractivity contribution in [2.75, 3.05) is 14.2 Å². The number of rotatable bonds is 4. The van der Waals surface area contributed by atoms with Gasteiger partial charge in [-0.05, 0) is 29.8 Å². The molecule has 0 saturated heterocycles. The van der Waals surface area contributed by atoms with Crippen LogP contribution in [-0.4, -0.2) is 27.2 Å². The number of methoxy groups -OCH3 is 2.